The van der Waals surface area contributed by atoms with Gasteiger partial charge in [-0.05, 0) is 49.4 Å². The van der Waals surface area contributed by atoms with E-state index in [1.54, 1.807) is 24.3 Å². The van der Waals surface area contributed by atoms with Crippen molar-refractivity contribution in [1.82, 2.24) is 4.98 Å². The number of nitrogens with one attached hydrogen (secondary N) is 2. The summed E-state index contributed by atoms with van der Waals surface area (Å²) in [5.74, 6) is 1.42. The molecule has 4 rings (SSSR count). The van der Waals surface area contributed by atoms with Gasteiger partial charge in [-0.15, -0.1) is 11.3 Å². The molecule has 1 aliphatic heterocycles. The van der Waals surface area contributed by atoms with Gasteiger partial charge in [0.25, 0.3) is 0 Å². The average molecular weight is 388 g/mol. The number of hydrogen-bond donors (Lipinski definition) is 2. The van der Waals surface area contributed by atoms with E-state index in [4.69, 9.17) is 21.1 Å². The quantitative estimate of drug-likeness (QED) is 0.652. The summed E-state index contributed by atoms with van der Waals surface area (Å²) in [6.45, 7) is 2.19. The van der Waals surface area contributed by atoms with Crippen molar-refractivity contribution in [3.8, 4) is 22.8 Å². The number of fused-ring (bicyclic) bond motifs is 1. The van der Waals surface area contributed by atoms with Gasteiger partial charge in [0, 0.05) is 21.2 Å². The van der Waals surface area contributed by atoms with Gasteiger partial charge in [0.05, 0.1) is 5.69 Å². The number of hydrogen-bond acceptors (Lipinski definition) is 5. The minimum atomic E-state index is -0.363. The first kappa shape index (κ1) is 16.7. The van der Waals surface area contributed by atoms with Crippen LogP contribution < -0.4 is 20.1 Å². The van der Waals surface area contributed by atoms with E-state index in [0.29, 0.717) is 21.6 Å². The zero-order chi connectivity index (χ0) is 18.1. The van der Waals surface area contributed by atoms with Crippen LogP contribution in [0.15, 0.2) is 42.5 Å². The van der Waals surface area contributed by atoms with Gasteiger partial charge in [0.2, 0.25) is 6.79 Å². The first-order valence-corrected chi connectivity index (χ1v) is 8.99. The highest BCUT2D eigenvalue weighted by Gasteiger charge is 2.17. The third kappa shape index (κ3) is 3.44. The largest absolute Gasteiger partial charge is 0.454 e. The van der Waals surface area contributed by atoms with Crippen LogP contribution >= 0.6 is 22.9 Å². The van der Waals surface area contributed by atoms with Crippen LogP contribution in [0.4, 0.5) is 15.6 Å². The minimum Gasteiger partial charge on any atom is -0.454 e. The van der Waals surface area contributed by atoms with Crippen molar-refractivity contribution in [3.63, 3.8) is 0 Å². The summed E-state index contributed by atoms with van der Waals surface area (Å²) < 4.78 is 10.7. The highest BCUT2D eigenvalue weighted by Crippen LogP contribution is 2.38. The molecular weight excluding hydrogens is 374 g/mol. The molecule has 2 N–H and O–H groups in total. The summed E-state index contributed by atoms with van der Waals surface area (Å²) in [5.41, 5.74) is 2.36. The monoisotopic (exact) mass is 387 g/mol. The number of carbonyl (C=O) groups is 1. The molecule has 0 saturated heterocycles. The van der Waals surface area contributed by atoms with Gasteiger partial charge in [-0.1, -0.05) is 11.6 Å². The van der Waals surface area contributed by atoms with Crippen molar-refractivity contribution in [2.75, 3.05) is 17.4 Å². The molecular formula is C18H14ClN3O3S. The topological polar surface area (TPSA) is 72.5 Å². The van der Waals surface area contributed by atoms with E-state index in [-0.39, 0.29) is 12.8 Å². The zero-order valence-electron chi connectivity index (χ0n) is 13.7. The van der Waals surface area contributed by atoms with E-state index in [0.717, 1.165) is 21.9 Å². The Morgan fingerprint density at radius 2 is 1.88 bits per heavy atom. The Kier molecular flexibility index (Phi) is 4.40. The molecule has 6 nitrogen and oxygen atoms in total. The van der Waals surface area contributed by atoms with E-state index in [9.17, 15) is 4.79 Å². The summed E-state index contributed by atoms with van der Waals surface area (Å²) in [6.07, 6.45) is 0. The highest BCUT2D eigenvalue weighted by molar-refractivity contribution is 7.16. The average Bonchev–Trinajstić information content (AvgIpc) is 3.22. The summed E-state index contributed by atoms with van der Waals surface area (Å²) in [4.78, 5) is 17.7. The van der Waals surface area contributed by atoms with Gasteiger partial charge in [0.1, 0.15) is 0 Å². The standard InChI is InChI=1S/C18H14ClN3O3S/c1-10-16(11-2-7-14-15(8-11)25-9-24-14)21-18(26-10)22-17(23)20-13-5-3-12(19)4-6-13/h2-8H,9H2,1H3,(H2,20,21,22,23). The fourth-order valence-corrected chi connectivity index (χ4v) is 3.51. The predicted molar refractivity (Wildman–Crippen MR) is 103 cm³/mol. The fourth-order valence-electron chi connectivity index (χ4n) is 2.55. The smallest absolute Gasteiger partial charge is 0.325 e. The van der Waals surface area contributed by atoms with Crippen LogP contribution in [0.2, 0.25) is 5.02 Å². The number of thiazole rings is 1. The SMILES string of the molecule is Cc1sc(NC(=O)Nc2ccc(Cl)cc2)nc1-c1ccc2c(c1)OCO2. The summed E-state index contributed by atoms with van der Waals surface area (Å²) >= 11 is 7.25. The van der Waals surface area contributed by atoms with Gasteiger partial charge in [-0.25, -0.2) is 9.78 Å². The maximum Gasteiger partial charge on any atom is 0.325 e. The molecule has 2 heterocycles. The van der Waals surface area contributed by atoms with Crippen molar-refractivity contribution in [1.29, 1.82) is 0 Å². The van der Waals surface area contributed by atoms with Crippen LogP contribution in [0, 0.1) is 6.92 Å². The van der Waals surface area contributed by atoms with Crippen molar-refractivity contribution in [2.45, 2.75) is 6.92 Å². The second kappa shape index (κ2) is 6.86. The third-order valence-electron chi connectivity index (χ3n) is 3.77. The molecule has 1 aromatic heterocycles. The molecule has 8 heteroatoms. The second-order valence-electron chi connectivity index (χ2n) is 5.58. The Morgan fingerprint density at radius 3 is 2.69 bits per heavy atom. The van der Waals surface area contributed by atoms with Gasteiger partial charge >= 0.3 is 6.03 Å². The van der Waals surface area contributed by atoms with Gasteiger partial charge in [-0.2, -0.15) is 0 Å². The molecule has 2 aromatic carbocycles. The number of rotatable bonds is 3. The normalized spacial score (nSPS) is 12.1. The first-order valence-electron chi connectivity index (χ1n) is 7.79. The molecule has 1 aliphatic rings. The van der Waals surface area contributed by atoms with E-state index < -0.39 is 0 Å². The van der Waals surface area contributed by atoms with E-state index in [1.807, 2.05) is 25.1 Å². The molecule has 0 fully saturated rings. The number of benzene rings is 2. The molecule has 0 unspecified atom stereocenters. The fraction of sp³-hybridized carbons (Fsp3) is 0.111. The lowest BCUT2D eigenvalue weighted by atomic mass is 10.1. The number of urea groups is 1. The molecule has 3 aromatic rings. The van der Waals surface area contributed by atoms with Crippen LogP contribution in [0.25, 0.3) is 11.3 Å². The van der Waals surface area contributed by atoms with Crippen LogP contribution in [-0.4, -0.2) is 17.8 Å². The Balaban J connectivity index is 1.49. The summed E-state index contributed by atoms with van der Waals surface area (Å²) in [6, 6.07) is 12.2. The number of nitrogens with zero attached hydrogens (tertiary/aromatic N) is 1. The molecule has 26 heavy (non-hydrogen) atoms. The first-order chi connectivity index (χ1) is 12.6. The molecule has 0 aliphatic carbocycles. The minimum absolute atomic E-state index is 0.229. The summed E-state index contributed by atoms with van der Waals surface area (Å²) in [5, 5.41) is 6.62. The van der Waals surface area contributed by atoms with E-state index >= 15 is 0 Å². The van der Waals surface area contributed by atoms with Crippen LogP contribution in [0.3, 0.4) is 0 Å². The van der Waals surface area contributed by atoms with Crippen molar-refractivity contribution < 1.29 is 14.3 Å². The van der Waals surface area contributed by atoms with Crippen LogP contribution in [0.1, 0.15) is 4.88 Å². The van der Waals surface area contributed by atoms with Crippen molar-refractivity contribution >= 4 is 39.8 Å². The molecule has 2 amide bonds. The number of carbonyl (C=O) groups excluding carboxylic acids is 1. The Hall–Kier alpha value is -2.77. The number of anilines is 2. The van der Waals surface area contributed by atoms with Crippen LogP contribution in [0.5, 0.6) is 11.5 Å². The maximum absolute atomic E-state index is 12.2. The second-order valence-corrected chi connectivity index (χ2v) is 7.22. The Morgan fingerprint density at radius 1 is 1.12 bits per heavy atom. The molecule has 132 valence electrons. The number of aromatic nitrogens is 1. The molecule has 0 radical (unpaired) electrons. The molecule has 0 saturated carbocycles. The molecule has 0 spiro atoms. The lowest BCUT2D eigenvalue weighted by Crippen LogP contribution is -2.19. The van der Waals surface area contributed by atoms with Crippen LogP contribution in [-0.2, 0) is 0 Å². The Bertz CT molecular complexity index is 972. The highest BCUT2D eigenvalue weighted by atomic mass is 35.5. The third-order valence-corrected chi connectivity index (χ3v) is 4.90. The lowest BCUT2D eigenvalue weighted by Gasteiger charge is -2.05. The van der Waals surface area contributed by atoms with E-state index in [2.05, 4.69) is 15.6 Å². The number of aryl methyl sites for hydroxylation is 1. The number of ether oxygens (including phenoxy) is 2. The molecule has 0 bridgehead atoms. The lowest BCUT2D eigenvalue weighted by molar-refractivity contribution is 0.174. The van der Waals surface area contributed by atoms with Gasteiger partial charge in [-0.3, -0.25) is 5.32 Å². The predicted octanol–water partition coefficient (Wildman–Crippen LogP) is 5.14. The van der Waals surface area contributed by atoms with Gasteiger partial charge < -0.3 is 14.8 Å². The molecule has 0 atom stereocenters. The van der Waals surface area contributed by atoms with Crippen molar-refractivity contribution in [2.24, 2.45) is 0 Å². The van der Waals surface area contributed by atoms with Gasteiger partial charge in [0.15, 0.2) is 16.6 Å². The number of amides is 2. The van der Waals surface area contributed by atoms with E-state index in [1.165, 1.54) is 11.3 Å². The number of halogens is 1. The zero-order valence-corrected chi connectivity index (χ0v) is 15.3. The summed E-state index contributed by atoms with van der Waals surface area (Å²) in [7, 11) is 0. The Labute approximate surface area is 158 Å². The maximum atomic E-state index is 12.2. The van der Waals surface area contributed by atoms with Crippen molar-refractivity contribution in [3.05, 3.63) is 52.4 Å².